The molecular weight excluding hydrogens is 279 g/mol. The van der Waals surface area contributed by atoms with Gasteiger partial charge in [-0.2, -0.15) is 0 Å². The fourth-order valence-electron chi connectivity index (χ4n) is 2.51. The highest BCUT2D eigenvalue weighted by Crippen LogP contribution is 2.42. The molecule has 2 aromatic carbocycles. The number of aliphatic hydroxyl groups is 1. The van der Waals surface area contributed by atoms with E-state index >= 15 is 0 Å². The van der Waals surface area contributed by atoms with Crippen LogP contribution in [0.4, 0.5) is 4.39 Å². The summed E-state index contributed by atoms with van der Waals surface area (Å²) < 4.78 is 18.9. The summed E-state index contributed by atoms with van der Waals surface area (Å²) >= 11 is 0. The lowest BCUT2D eigenvalue weighted by molar-refractivity contribution is 0.0195. The summed E-state index contributed by atoms with van der Waals surface area (Å²) in [7, 11) is 0. The maximum absolute atomic E-state index is 13.4. The van der Waals surface area contributed by atoms with E-state index in [1.54, 1.807) is 0 Å². The van der Waals surface area contributed by atoms with Crippen molar-refractivity contribution in [2.75, 3.05) is 0 Å². The second-order valence-electron chi connectivity index (χ2n) is 4.99. The summed E-state index contributed by atoms with van der Waals surface area (Å²) in [6, 6.07) is 5.87. The van der Waals surface area contributed by atoms with Gasteiger partial charge < -0.3 is 25.2 Å². The molecule has 0 spiro atoms. The number of hydrogen-bond donors (Lipinski definition) is 4. The molecule has 4 N–H and O–H groups in total. The van der Waals surface area contributed by atoms with Crippen molar-refractivity contribution in [1.29, 1.82) is 0 Å². The monoisotopic (exact) mass is 292 g/mol. The SMILES string of the molecule is Oc1cc(F)cc([C@@H]2Oc3cc(O)cc(O)c3C[C@@H]2O)c1. The van der Waals surface area contributed by atoms with Gasteiger partial charge in [0.15, 0.2) is 6.10 Å². The summed E-state index contributed by atoms with van der Waals surface area (Å²) in [4.78, 5) is 0. The van der Waals surface area contributed by atoms with Crippen molar-refractivity contribution in [1.82, 2.24) is 0 Å². The van der Waals surface area contributed by atoms with E-state index in [0.29, 0.717) is 5.56 Å². The Bertz CT molecular complexity index is 680. The van der Waals surface area contributed by atoms with Crippen molar-refractivity contribution in [2.45, 2.75) is 18.6 Å². The molecule has 1 heterocycles. The van der Waals surface area contributed by atoms with Crippen LogP contribution < -0.4 is 4.74 Å². The number of aromatic hydroxyl groups is 3. The van der Waals surface area contributed by atoms with Crippen molar-refractivity contribution in [3.05, 3.63) is 47.3 Å². The lowest BCUT2D eigenvalue weighted by atomic mass is 9.94. The standard InChI is InChI=1S/C15H13FO5/c16-8-1-7(2-9(17)3-8)15-13(20)6-11-12(19)4-10(18)5-14(11)21-15/h1-5,13,15,17-20H,6H2/t13-,15-/m0/s1. The van der Waals surface area contributed by atoms with E-state index in [0.717, 1.165) is 18.2 Å². The first kappa shape index (κ1) is 13.5. The second kappa shape index (κ2) is 4.82. The molecular formula is C15H13FO5. The fourth-order valence-corrected chi connectivity index (χ4v) is 2.51. The summed E-state index contributed by atoms with van der Waals surface area (Å²) in [6.07, 6.45) is -1.84. The predicted molar refractivity (Wildman–Crippen MR) is 70.9 cm³/mol. The van der Waals surface area contributed by atoms with Crippen LogP contribution in [-0.4, -0.2) is 26.5 Å². The van der Waals surface area contributed by atoms with Gasteiger partial charge in [-0.05, 0) is 12.1 Å². The van der Waals surface area contributed by atoms with Crippen LogP contribution in [0.15, 0.2) is 30.3 Å². The summed E-state index contributed by atoms with van der Waals surface area (Å²) in [5.74, 6) is -1.06. The number of ether oxygens (including phenoxy) is 1. The van der Waals surface area contributed by atoms with Crippen molar-refractivity contribution in [3.8, 4) is 23.0 Å². The molecule has 1 aliphatic heterocycles. The Morgan fingerprint density at radius 1 is 1.00 bits per heavy atom. The van der Waals surface area contributed by atoms with Gasteiger partial charge in [-0.1, -0.05) is 0 Å². The molecule has 0 bridgehead atoms. The van der Waals surface area contributed by atoms with Crippen LogP contribution in [0, 0.1) is 5.82 Å². The van der Waals surface area contributed by atoms with Crippen molar-refractivity contribution < 1.29 is 29.6 Å². The van der Waals surface area contributed by atoms with Crippen LogP contribution in [-0.2, 0) is 6.42 Å². The minimum absolute atomic E-state index is 0.0867. The third kappa shape index (κ3) is 2.45. The van der Waals surface area contributed by atoms with Crippen LogP contribution in [0.1, 0.15) is 17.2 Å². The van der Waals surface area contributed by atoms with Crippen LogP contribution >= 0.6 is 0 Å². The number of aliphatic hydroxyl groups excluding tert-OH is 1. The van der Waals surface area contributed by atoms with Gasteiger partial charge in [0.1, 0.15) is 28.8 Å². The van der Waals surface area contributed by atoms with Gasteiger partial charge in [0.25, 0.3) is 0 Å². The zero-order valence-electron chi connectivity index (χ0n) is 10.8. The van der Waals surface area contributed by atoms with Gasteiger partial charge in [-0.3, -0.25) is 0 Å². The first-order valence-corrected chi connectivity index (χ1v) is 6.33. The number of hydrogen-bond acceptors (Lipinski definition) is 5. The van der Waals surface area contributed by atoms with Crippen LogP contribution in [0.5, 0.6) is 23.0 Å². The maximum Gasteiger partial charge on any atom is 0.150 e. The van der Waals surface area contributed by atoms with Gasteiger partial charge in [-0.25, -0.2) is 4.39 Å². The van der Waals surface area contributed by atoms with E-state index in [9.17, 15) is 24.8 Å². The molecule has 0 saturated carbocycles. The highest BCUT2D eigenvalue weighted by molar-refractivity contribution is 5.51. The van der Waals surface area contributed by atoms with Gasteiger partial charge in [-0.15, -0.1) is 0 Å². The van der Waals surface area contributed by atoms with Crippen molar-refractivity contribution in [3.63, 3.8) is 0 Å². The molecule has 0 amide bonds. The molecule has 21 heavy (non-hydrogen) atoms. The highest BCUT2D eigenvalue weighted by Gasteiger charge is 2.32. The Labute approximate surface area is 119 Å². The number of halogens is 1. The number of phenolic OH excluding ortho intramolecular Hbond substituents is 3. The summed E-state index contributed by atoms with van der Waals surface area (Å²) in [6.45, 7) is 0. The number of fused-ring (bicyclic) bond motifs is 1. The van der Waals surface area contributed by atoms with Crippen LogP contribution in [0.25, 0.3) is 0 Å². The van der Waals surface area contributed by atoms with Gasteiger partial charge in [0.2, 0.25) is 0 Å². The molecule has 1 aliphatic rings. The second-order valence-corrected chi connectivity index (χ2v) is 4.99. The normalized spacial score (nSPS) is 20.7. The first-order valence-electron chi connectivity index (χ1n) is 6.33. The molecule has 2 atom stereocenters. The topological polar surface area (TPSA) is 90.2 Å². The molecule has 110 valence electrons. The minimum atomic E-state index is -1.02. The quantitative estimate of drug-likeness (QED) is 0.645. The van der Waals surface area contributed by atoms with E-state index in [1.165, 1.54) is 12.1 Å². The largest absolute Gasteiger partial charge is 0.508 e. The minimum Gasteiger partial charge on any atom is -0.508 e. The van der Waals surface area contributed by atoms with E-state index in [4.69, 9.17) is 4.74 Å². The molecule has 6 heteroatoms. The molecule has 5 nitrogen and oxygen atoms in total. The highest BCUT2D eigenvalue weighted by atomic mass is 19.1. The lowest BCUT2D eigenvalue weighted by Gasteiger charge is -2.31. The average molecular weight is 292 g/mol. The Balaban J connectivity index is 2.02. The molecule has 3 rings (SSSR count). The number of benzene rings is 2. The van der Waals surface area contributed by atoms with Gasteiger partial charge in [0, 0.05) is 35.7 Å². The molecule has 0 saturated heterocycles. The zero-order valence-corrected chi connectivity index (χ0v) is 10.8. The predicted octanol–water partition coefficient (Wildman–Crippen LogP) is 1.98. The van der Waals surface area contributed by atoms with E-state index < -0.39 is 18.0 Å². The van der Waals surface area contributed by atoms with Gasteiger partial charge >= 0.3 is 0 Å². The van der Waals surface area contributed by atoms with E-state index in [-0.39, 0.29) is 35.0 Å². The molecule has 0 aromatic heterocycles. The van der Waals surface area contributed by atoms with E-state index in [1.807, 2.05) is 0 Å². The first-order chi connectivity index (χ1) is 9.94. The number of phenols is 3. The Morgan fingerprint density at radius 2 is 1.71 bits per heavy atom. The van der Waals surface area contributed by atoms with Crippen molar-refractivity contribution >= 4 is 0 Å². The smallest absolute Gasteiger partial charge is 0.150 e. The maximum atomic E-state index is 13.4. The molecule has 0 fully saturated rings. The fraction of sp³-hybridized carbons (Fsp3) is 0.200. The van der Waals surface area contributed by atoms with Crippen LogP contribution in [0.3, 0.4) is 0 Å². The van der Waals surface area contributed by atoms with E-state index in [2.05, 4.69) is 0 Å². The average Bonchev–Trinajstić information content (AvgIpc) is 2.38. The summed E-state index contributed by atoms with van der Waals surface area (Å²) in [5, 5.41) is 38.8. The lowest BCUT2D eigenvalue weighted by Crippen LogP contribution is -2.30. The summed E-state index contributed by atoms with van der Waals surface area (Å²) in [5.41, 5.74) is 0.644. The Kier molecular flexibility index (Phi) is 3.10. The van der Waals surface area contributed by atoms with Gasteiger partial charge in [0.05, 0.1) is 6.10 Å². The molecule has 0 radical (unpaired) electrons. The Hall–Kier alpha value is -2.47. The molecule has 0 unspecified atom stereocenters. The zero-order chi connectivity index (χ0) is 15.1. The van der Waals surface area contributed by atoms with Crippen LogP contribution in [0.2, 0.25) is 0 Å². The molecule has 0 aliphatic carbocycles. The third-order valence-corrected chi connectivity index (χ3v) is 3.42. The third-order valence-electron chi connectivity index (χ3n) is 3.42. The number of rotatable bonds is 1. The van der Waals surface area contributed by atoms with Crippen molar-refractivity contribution in [2.24, 2.45) is 0 Å². The molecule has 2 aromatic rings. The Morgan fingerprint density at radius 3 is 2.43 bits per heavy atom.